The summed E-state index contributed by atoms with van der Waals surface area (Å²) in [7, 11) is 1.56. The second-order valence-electron chi connectivity index (χ2n) is 9.11. The van der Waals surface area contributed by atoms with Crippen LogP contribution in [0.1, 0.15) is 31.0 Å². The molecule has 1 aromatic carbocycles. The predicted molar refractivity (Wildman–Crippen MR) is 145 cm³/mol. The van der Waals surface area contributed by atoms with Crippen LogP contribution in [-0.2, 0) is 11.3 Å². The molecule has 3 amide bonds. The fourth-order valence-corrected chi connectivity index (χ4v) is 4.62. The van der Waals surface area contributed by atoms with Gasteiger partial charge < -0.3 is 25.2 Å². The molecule has 0 bridgehead atoms. The summed E-state index contributed by atoms with van der Waals surface area (Å²) < 4.78 is 6.94. The average Bonchev–Trinajstić information content (AvgIpc) is 3.45. The number of imidazole rings is 1. The van der Waals surface area contributed by atoms with E-state index in [2.05, 4.69) is 25.5 Å². The SMILES string of the molecule is CCCNC(=O)N1CCN(c2cc(C)nc(-n3ccnc3)n2)C(CC(=O)NCc2ccc(OC)c(Cl)c2)C1. The van der Waals surface area contributed by atoms with Crippen molar-refractivity contribution in [2.45, 2.75) is 39.3 Å². The van der Waals surface area contributed by atoms with Crippen LogP contribution in [0.3, 0.4) is 0 Å². The first-order chi connectivity index (χ1) is 18.4. The number of carbonyl (C=O) groups excluding carboxylic acids is 2. The summed E-state index contributed by atoms with van der Waals surface area (Å²) in [6, 6.07) is 6.91. The van der Waals surface area contributed by atoms with E-state index < -0.39 is 0 Å². The van der Waals surface area contributed by atoms with E-state index in [-0.39, 0.29) is 24.4 Å². The number of urea groups is 1. The first kappa shape index (κ1) is 27.2. The van der Waals surface area contributed by atoms with Gasteiger partial charge >= 0.3 is 6.03 Å². The zero-order valence-electron chi connectivity index (χ0n) is 21.9. The Morgan fingerprint density at radius 1 is 1.18 bits per heavy atom. The number of halogens is 1. The molecule has 3 heterocycles. The highest BCUT2D eigenvalue weighted by molar-refractivity contribution is 6.32. The Morgan fingerprint density at radius 2 is 2.03 bits per heavy atom. The van der Waals surface area contributed by atoms with Gasteiger partial charge in [-0.2, -0.15) is 4.98 Å². The lowest BCUT2D eigenvalue weighted by Gasteiger charge is -2.42. The molecule has 1 atom stereocenters. The number of nitrogens with one attached hydrogen (secondary N) is 2. The normalized spacial score (nSPS) is 15.3. The predicted octanol–water partition coefficient (Wildman–Crippen LogP) is 2.95. The average molecular weight is 541 g/mol. The van der Waals surface area contributed by atoms with Gasteiger partial charge in [0.15, 0.2) is 0 Å². The topological polar surface area (TPSA) is 118 Å². The number of hydrogen-bond acceptors (Lipinski definition) is 7. The van der Waals surface area contributed by atoms with E-state index in [0.717, 1.165) is 17.7 Å². The number of hydrogen-bond donors (Lipinski definition) is 2. The standard InChI is InChI=1S/C26H33ClN8O3/c1-4-7-29-26(37)33-10-11-35(23-12-18(2)31-25(32-23)34-9-8-28-17-34)20(16-33)14-24(36)30-15-19-5-6-22(38-3)21(27)13-19/h5-6,8-9,12-13,17,20H,4,7,10-11,14-16H2,1-3H3,(H,29,37)(H,30,36). The van der Waals surface area contributed by atoms with Gasteiger partial charge in [0, 0.05) is 63.3 Å². The Balaban J connectivity index is 1.51. The fraction of sp³-hybridized carbons (Fsp3) is 0.423. The largest absolute Gasteiger partial charge is 0.495 e. The Labute approximate surface area is 227 Å². The number of aryl methyl sites for hydroxylation is 1. The molecule has 202 valence electrons. The van der Waals surface area contributed by atoms with E-state index in [1.807, 2.05) is 26.0 Å². The van der Waals surface area contributed by atoms with E-state index in [9.17, 15) is 9.59 Å². The number of ether oxygens (including phenoxy) is 1. The van der Waals surface area contributed by atoms with Gasteiger partial charge in [-0.15, -0.1) is 0 Å². The minimum Gasteiger partial charge on any atom is -0.495 e. The molecule has 0 saturated carbocycles. The van der Waals surface area contributed by atoms with E-state index in [1.165, 1.54) is 0 Å². The molecule has 1 aliphatic rings. The van der Waals surface area contributed by atoms with Gasteiger partial charge in [0.2, 0.25) is 11.9 Å². The maximum Gasteiger partial charge on any atom is 0.317 e. The van der Waals surface area contributed by atoms with E-state index in [4.69, 9.17) is 21.3 Å². The molecule has 2 aromatic heterocycles. The van der Waals surface area contributed by atoms with Crippen molar-refractivity contribution in [3.63, 3.8) is 0 Å². The number of nitrogens with zero attached hydrogens (tertiary/aromatic N) is 6. The van der Waals surface area contributed by atoms with E-state index >= 15 is 0 Å². The van der Waals surface area contributed by atoms with Crippen LogP contribution in [0.15, 0.2) is 43.0 Å². The van der Waals surface area contributed by atoms with Crippen molar-refractivity contribution in [2.24, 2.45) is 0 Å². The fourth-order valence-electron chi connectivity index (χ4n) is 4.34. The van der Waals surface area contributed by atoms with E-state index in [0.29, 0.717) is 55.3 Å². The molecule has 11 nitrogen and oxygen atoms in total. The van der Waals surface area contributed by atoms with E-state index in [1.54, 1.807) is 47.4 Å². The molecule has 3 aromatic rings. The Bertz CT molecular complexity index is 1250. The quantitative estimate of drug-likeness (QED) is 0.428. The van der Waals surface area contributed by atoms with Crippen molar-refractivity contribution < 1.29 is 14.3 Å². The van der Waals surface area contributed by atoms with Gasteiger partial charge in [-0.25, -0.2) is 14.8 Å². The van der Waals surface area contributed by atoms with Crippen LogP contribution in [0.5, 0.6) is 5.75 Å². The summed E-state index contributed by atoms with van der Waals surface area (Å²) in [6.07, 6.45) is 6.13. The summed E-state index contributed by atoms with van der Waals surface area (Å²) >= 11 is 6.23. The van der Waals surface area contributed by atoms with Gasteiger partial charge in [0.05, 0.1) is 18.2 Å². The van der Waals surface area contributed by atoms with Crippen molar-refractivity contribution in [3.05, 3.63) is 59.3 Å². The molecule has 0 aliphatic carbocycles. The number of rotatable bonds is 9. The van der Waals surface area contributed by atoms with Crippen molar-refractivity contribution in [3.8, 4) is 11.7 Å². The molecule has 2 N–H and O–H groups in total. The van der Waals surface area contributed by atoms with Crippen LogP contribution < -0.4 is 20.3 Å². The number of piperazine rings is 1. The van der Waals surface area contributed by atoms with Gasteiger partial charge in [-0.1, -0.05) is 24.6 Å². The second-order valence-corrected chi connectivity index (χ2v) is 9.52. The molecular formula is C26H33ClN8O3. The Kier molecular flexibility index (Phi) is 9.01. The molecule has 12 heteroatoms. The van der Waals surface area contributed by atoms with Gasteiger partial charge in [-0.05, 0) is 31.0 Å². The Morgan fingerprint density at radius 3 is 2.74 bits per heavy atom. The number of methoxy groups -OCH3 is 1. The smallest absolute Gasteiger partial charge is 0.317 e. The molecule has 38 heavy (non-hydrogen) atoms. The number of carbonyl (C=O) groups is 2. The van der Waals surface area contributed by atoms with Crippen LogP contribution in [0, 0.1) is 6.92 Å². The first-order valence-electron chi connectivity index (χ1n) is 12.6. The summed E-state index contributed by atoms with van der Waals surface area (Å²) in [5.74, 6) is 1.65. The molecule has 1 unspecified atom stereocenters. The van der Waals surface area contributed by atoms with Crippen LogP contribution in [0.4, 0.5) is 10.6 Å². The number of benzene rings is 1. The van der Waals surface area contributed by atoms with Gasteiger partial charge in [-0.3, -0.25) is 9.36 Å². The first-order valence-corrected chi connectivity index (χ1v) is 13.0. The minimum atomic E-state index is -0.277. The lowest BCUT2D eigenvalue weighted by molar-refractivity contribution is -0.121. The molecule has 4 rings (SSSR count). The molecule has 0 spiro atoms. The number of anilines is 1. The number of aromatic nitrogens is 4. The second kappa shape index (κ2) is 12.6. The lowest BCUT2D eigenvalue weighted by Crippen LogP contribution is -2.58. The maximum absolute atomic E-state index is 13.1. The molecule has 0 radical (unpaired) electrons. The molecule has 1 aliphatic heterocycles. The zero-order chi connectivity index (χ0) is 27.1. The van der Waals surface area contributed by atoms with Crippen molar-refractivity contribution >= 4 is 29.4 Å². The summed E-state index contributed by atoms with van der Waals surface area (Å²) in [4.78, 5) is 43.0. The van der Waals surface area contributed by atoms with Crippen molar-refractivity contribution in [1.29, 1.82) is 0 Å². The number of amides is 3. The monoisotopic (exact) mass is 540 g/mol. The maximum atomic E-state index is 13.1. The van der Waals surface area contributed by atoms with Crippen LogP contribution in [0.25, 0.3) is 5.95 Å². The third kappa shape index (κ3) is 6.71. The van der Waals surface area contributed by atoms with Crippen LogP contribution >= 0.6 is 11.6 Å². The van der Waals surface area contributed by atoms with Crippen LogP contribution in [0.2, 0.25) is 5.02 Å². The third-order valence-electron chi connectivity index (χ3n) is 6.28. The molecule has 1 saturated heterocycles. The minimum absolute atomic E-state index is 0.122. The van der Waals surface area contributed by atoms with Crippen molar-refractivity contribution in [2.75, 3.05) is 38.2 Å². The highest BCUT2D eigenvalue weighted by atomic mass is 35.5. The van der Waals surface area contributed by atoms with Gasteiger partial charge in [0.25, 0.3) is 0 Å². The van der Waals surface area contributed by atoms with Crippen molar-refractivity contribution in [1.82, 2.24) is 35.1 Å². The molecular weight excluding hydrogens is 508 g/mol. The molecule has 1 fully saturated rings. The third-order valence-corrected chi connectivity index (χ3v) is 6.58. The summed E-state index contributed by atoms with van der Waals surface area (Å²) in [5.41, 5.74) is 1.66. The summed E-state index contributed by atoms with van der Waals surface area (Å²) in [5, 5.41) is 6.40. The zero-order valence-corrected chi connectivity index (χ0v) is 22.6. The highest BCUT2D eigenvalue weighted by Crippen LogP contribution is 2.25. The van der Waals surface area contributed by atoms with Crippen LogP contribution in [-0.4, -0.2) is 75.7 Å². The summed E-state index contributed by atoms with van der Waals surface area (Å²) in [6.45, 7) is 6.29. The highest BCUT2D eigenvalue weighted by Gasteiger charge is 2.32. The lowest BCUT2D eigenvalue weighted by atomic mass is 10.1. The van der Waals surface area contributed by atoms with Gasteiger partial charge in [0.1, 0.15) is 17.9 Å². The Hall–Kier alpha value is -3.86.